The van der Waals surface area contributed by atoms with E-state index in [2.05, 4.69) is 4.98 Å². The molecular weight excluding hydrogens is 281 g/mol. The number of halogens is 2. The van der Waals surface area contributed by atoms with Crippen molar-refractivity contribution in [3.63, 3.8) is 0 Å². The molecule has 3 aromatic rings. The lowest BCUT2D eigenvalue weighted by Crippen LogP contribution is -2.00. The molecule has 0 radical (unpaired) electrons. The number of nitrogens with two attached hydrogens (primary N) is 1. The molecule has 1 heterocycles. The van der Waals surface area contributed by atoms with Crippen LogP contribution in [0.2, 0.25) is 5.02 Å². The van der Waals surface area contributed by atoms with Gasteiger partial charge in [0.2, 0.25) is 5.95 Å². The third kappa shape index (κ3) is 1.96. The van der Waals surface area contributed by atoms with Gasteiger partial charge in [-0.05, 0) is 30.3 Å². The summed E-state index contributed by atoms with van der Waals surface area (Å²) in [6.07, 6.45) is 0. The molecule has 4 nitrogen and oxygen atoms in total. The van der Waals surface area contributed by atoms with Gasteiger partial charge in [0.1, 0.15) is 11.6 Å². The molecule has 0 aliphatic rings. The Morgan fingerprint density at radius 1 is 1.25 bits per heavy atom. The fourth-order valence-electron chi connectivity index (χ4n) is 2.09. The summed E-state index contributed by atoms with van der Waals surface area (Å²) in [7, 11) is 1.60. The number of ether oxygens (including phenoxy) is 1. The molecular formula is C14H11ClFN3O. The molecule has 6 heteroatoms. The standard InChI is InChI=1S/C14H11ClFN3O/c1-20-9-4-2-8(3-5-9)19-13-6-10(15)11(16)7-12(13)18-14(19)17/h2-7H,1H3,(H2,17,18). The molecule has 0 saturated carbocycles. The summed E-state index contributed by atoms with van der Waals surface area (Å²) < 4.78 is 20.3. The summed E-state index contributed by atoms with van der Waals surface area (Å²) in [5, 5.41) is 0.0344. The highest BCUT2D eigenvalue weighted by Crippen LogP contribution is 2.28. The highest BCUT2D eigenvalue weighted by atomic mass is 35.5. The lowest BCUT2D eigenvalue weighted by Gasteiger charge is -2.07. The first kappa shape index (κ1) is 12.7. The van der Waals surface area contributed by atoms with Crippen molar-refractivity contribution in [2.45, 2.75) is 0 Å². The number of aromatic nitrogens is 2. The number of methoxy groups -OCH3 is 1. The lowest BCUT2D eigenvalue weighted by molar-refractivity contribution is 0.415. The van der Waals surface area contributed by atoms with Crippen molar-refractivity contribution < 1.29 is 9.13 Å². The highest BCUT2D eigenvalue weighted by Gasteiger charge is 2.13. The molecule has 0 saturated heterocycles. The molecule has 0 fully saturated rings. The second kappa shape index (κ2) is 4.68. The number of rotatable bonds is 2. The van der Waals surface area contributed by atoms with E-state index in [1.165, 1.54) is 12.1 Å². The van der Waals surface area contributed by atoms with Crippen molar-refractivity contribution in [2.75, 3.05) is 12.8 Å². The van der Waals surface area contributed by atoms with Crippen molar-refractivity contribution in [1.82, 2.24) is 9.55 Å². The van der Waals surface area contributed by atoms with Crippen LogP contribution in [0.15, 0.2) is 36.4 Å². The van der Waals surface area contributed by atoms with Crippen LogP contribution in [0.3, 0.4) is 0 Å². The van der Waals surface area contributed by atoms with Gasteiger partial charge in [0.05, 0.1) is 23.2 Å². The van der Waals surface area contributed by atoms with Crippen LogP contribution in [0.1, 0.15) is 0 Å². The Balaban J connectivity index is 2.23. The van der Waals surface area contributed by atoms with Gasteiger partial charge in [0, 0.05) is 11.8 Å². The summed E-state index contributed by atoms with van der Waals surface area (Å²) in [5.74, 6) is 0.492. The first-order valence-electron chi connectivity index (χ1n) is 5.87. The Kier molecular flexibility index (Phi) is 2.99. The summed E-state index contributed by atoms with van der Waals surface area (Å²) in [5.41, 5.74) is 7.82. The molecule has 1 aromatic heterocycles. The topological polar surface area (TPSA) is 53.1 Å². The van der Waals surface area contributed by atoms with Crippen LogP contribution in [0.5, 0.6) is 5.75 Å². The SMILES string of the molecule is COc1ccc(-n2c(N)nc3cc(F)c(Cl)cc32)cc1. The molecule has 0 aliphatic carbocycles. The van der Waals surface area contributed by atoms with E-state index in [0.29, 0.717) is 11.0 Å². The fourth-order valence-corrected chi connectivity index (χ4v) is 2.25. The van der Waals surface area contributed by atoms with Crippen molar-refractivity contribution in [2.24, 2.45) is 0 Å². The average Bonchev–Trinajstić information content (AvgIpc) is 2.75. The zero-order chi connectivity index (χ0) is 14.3. The van der Waals surface area contributed by atoms with Gasteiger partial charge in [-0.2, -0.15) is 0 Å². The Morgan fingerprint density at radius 3 is 2.60 bits per heavy atom. The van der Waals surface area contributed by atoms with E-state index in [1.807, 2.05) is 24.3 Å². The third-order valence-corrected chi connectivity index (χ3v) is 3.34. The molecule has 102 valence electrons. The smallest absolute Gasteiger partial charge is 0.205 e. The van der Waals surface area contributed by atoms with E-state index in [0.717, 1.165) is 11.4 Å². The lowest BCUT2D eigenvalue weighted by atomic mass is 10.2. The van der Waals surface area contributed by atoms with Gasteiger partial charge < -0.3 is 10.5 Å². The van der Waals surface area contributed by atoms with E-state index in [1.54, 1.807) is 11.7 Å². The van der Waals surface area contributed by atoms with E-state index >= 15 is 0 Å². The summed E-state index contributed by atoms with van der Waals surface area (Å²) in [6, 6.07) is 10.1. The minimum Gasteiger partial charge on any atom is -0.497 e. The zero-order valence-electron chi connectivity index (χ0n) is 10.6. The van der Waals surface area contributed by atoms with Crippen molar-refractivity contribution in [3.05, 3.63) is 47.2 Å². The maximum atomic E-state index is 13.5. The van der Waals surface area contributed by atoms with Gasteiger partial charge in [0.15, 0.2) is 0 Å². The largest absolute Gasteiger partial charge is 0.497 e. The number of fused-ring (bicyclic) bond motifs is 1. The quantitative estimate of drug-likeness (QED) is 0.787. The van der Waals surface area contributed by atoms with Crippen LogP contribution in [0, 0.1) is 5.82 Å². The number of benzene rings is 2. The average molecular weight is 292 g/mol. The van der Waals surface area contributed by atoms with Crippen LogP contribution in [0.25, 0.3) is 16.7 Å². The summed E-state index contributed by atoms with van der Waals surface area (Å²) >= 11 is 5.83. The first-order valence-corrected chi connectivity index (χ1v) is 6.25. The maximum Gasteiger partial charge on any atom is 0.205 e. The Bertz CT molecular complexity index is 783. The van der Waals surface area contributed by atoms with E-state index in [4.69, 9.17) is 22.1 Å². The number of nitrogen functional groups attached to an aromatic ring is 1. The van der Waals surface area contributed by atoms with E-state index < -0.39 is 5.82 Å². The Morgan fingerprint density at radius 2 is 1.95 bits per heavy atom. The minimum atomic E-state index is -0.515. The second-order valence-electron chi connectivity index (χ2n) is 4.26. The van der Waals surface area contributed by atoms with Crippen LogP contribution >= 0.6 is 11.6 Å². The predicted molar refractivity (Wildman–Crippen MR) is 77.0 cm³/mol. The Hall–Kier alpha value is -2.27. The molecule has 2 aromatic carbocycles. The molecule has 0 unspecified atom stereocenters. The second-order valence-corrected chi connectivity index (χ2v) is 4.67. The summed E-state index contributed by atoms with van der Waals surface area (Å²) in [6.45, 7) is 0. The van der Waals surface area contributed by atoms with Gasteiger partial charge >= 0.3 is 0 Å². The molecule has 0 spiro atoms. The molecule has 2 N–H and O–H groups in total. The van der Waals surface area contributed by atoms with Crippen LogP contribution in [-0.4, -0.2) is 16.7 Å². The number of imidazole rings is 1. The van der Waals surface area contributed by atoms with E-state index in [-0.39, 0.29) is 11.0 Å². The normalized spacial score (nSPS) is 10.9. The van der Waals surface area contributed by atoms with Gasteiger partial charge in [-0.3, -0.25) is 4.57 Å². The van der Waals surface area contributed by atoms with Gasteiger partial charge in [0.25, 0.3) is 0 Å². The van der Waals surface area contributed by atoms with Gasteiger partial charge in [-0.25, -0.2) is 9.37 Å². The fraction of sp³-hybridized carbons (Fsp3) is 0.0714. The van der Waals surface area contributed by atoms with Crippen LogP contribution in [-0.2, 0) is 0 Å². The number of anilines is 1. The van der Waals surface area contributed by atoms with Crippen molar-refractivity contribution in [1.29, 1.82) is 0 Å². The number of hydrogen-bond acceptors (Lipinski definition) is 3. The van der Waals surface area contributed by atoms with Crippen molar-refractivity contribution >= 4 is 28.6 Å². The monoisotopic (exact) mass is 291 g/mol. The number of nitrogens with zero attached hydrogens (tertiary/aromatic N) is 2. The maximum absolute atomic E-state index is 13.5. The van der Waals surface area contributed by atoms with E-state index in [9.17, 15) is 4.39 Å². The molecule has 3 rings (SSSR count). The van der Waals surface area contributed by atoms with Gasteiger partial charge in [-0.15, -0.1) is 0 Å². The molecule has 0 aliphatic heterocycles. The van der Waals surface area contributed by atoms with Crippen molar-refractivity contribution in [3.8, 4) is 11.4 Å². The molecule has 20 heavy (non-hydrogen) atoms. The zero-order valence-corrected chi connectivity index (χ0v) is 11.4. The molecule has 0 atom stereocenters. The number of hydrogen-bond donors (Lipinski definition) is 1. The Labute approximate surface area is 119 Å². The first-order chi connectivity index (χ1) is 9.60. The minimum absolute atomic E-state index is 0.0344. The molecule has 0 bridgehead atoms. The predicted octanol–water partition coefficient (Wildman–Crippen LogP) is 3.41. The van der Waals surface area contributed by atoms with Crippen LogP contribution in [0.4, 0.5) is 10.3 Å². The summed E-state index contributed by atoms with van der Waals surface area (Å²) in [4.78, 5) is 4.14. The molecule has 0 amide bonds. The highest BCUT2D eigenvalue weighted by molar-refractivity contribution is 6.31. The van der Waals surface area contributed by atoms with Crippen LogP contribution < -0.4 is 10.5 Å². The third-order valence-electron chi connectivity index (χ3n) is 3.05. The van der Waals surface area contributed by atoms with Gasteiger partial charge in [-0.1, -0.05) is 11.6 Å².